The van der Waals surface area contributed by atoms with Gasteiger partial charge in [-0.15, -0.1) is 11.8 Å². The average Bonchev–Trinajstić information content (AvgIpc) is 3.10. The van der Waals surface area contributed by atoms with Gasteiger partial charge in [0.1, 0.15) is 0 Å². The van der Waals surface area contributed by atoms with E-state index in [1.54, 1.807) is 6.20 Å². The molecule has 0 aliphatic heterocycles. The molecular weight excluding hydrogens is 454 g/mol. The van der Waals surface area contributed by atoms with E-state index in [0.717, 1.165) is 42.7 Å². The highest BCUT2D eigenvalue weighted by molar-refractivity contribution is 8.01. The first-order valence-corrected chi connectivity index (χ1v) is 13.8. The van der Waals surface area contributed by atoms with Crippen LogP contribution in [0, 0.1) is 0 Å². The molecule has 2 N–H and O–H groups in total. The van der Waals surface area contributed by atoms with Crippen LogP contribution in [-0.4, -0.2) is 44.8 Å². The van der Waals surface area contributed by atoms with E-state index in [0.29, 0.717) is 11.0 Å². The Hall–Kier alpha value is -2.06. The molecule has 2 aliphatic rings. The highest BCUT2D eigenvalue weighted by Crippen LogP contribution is 2.37. The molecule has 178 valence electrons. The van der Waals surface area contributed by atoms with Gasteiger partial charge in [0, 0.05) is 12.1 Å². The topological polar surface area (TPSA) is 82.5 Å². The Bertz CT molecular complexity index is 905. The second-order valence-electron chi connectivity index (χ2n) is 9.07. The SMILES string of the molecule is O=C(O)CSc1cnc(NC(=O)N(C2CCCCCC2)[C@H]2CC[C@H](c3ccccc3)CC2)s1. The first-order valence-electron chi connectivity index (χ1n) is 12.0. The molecule has 0 bridgehead atoms. The monoisotopic (exact) mass is 487 g/mol. The number of rotatable bonds is 7. The third kappa shape index (κ3) is 6.73. The van der Waals surface area contributed by atoms with Gasteiger partial charge in [-0.05, 0) is 50.0 Å². The third-order valence-corrected chi connectivity index (χ3v) is 8.94. The number of carbonyl (C=O) groups is 2. The Labute approximate surface area is 204 Å². The number of thiazole rings is 1. The van der Waals surface area contributed by atoms with Gasteiger partial charge >= 0.3 is 12.0 Å². The van der Waals surface area contributed by atoms with Crippen molar-refractivity contribution in [2.24, 2.45) is 0 Å². The zero-order chi connectivity index (χ0) is 23.0. The second-order valence-corrected chi connectivity index (χ2v) is 11.4. The van der Waals surface area contributed by atoms with Crippen LogP contribution >= 0.6 is 23.1 Å². The summed E-state index contributed by atoms with van der Waals surface area (Å²) in [5.74, 6) is -0.284. The lowest BCUT2D eigenvalue weighted by Crippen LogP contribution is -2.50. The first-order chi connectivity index (χ1) is 16.1. The summed E-state index contributed by atoms with van der Waals surface area (Å²) in [6.45, 7) is 0. The van der Waals surface area contributed by atoms with E-state index in [4.69, 9.17) is 5.11 Å². The second kappa shape index (κ2) is 11.9. The number of hydrogen-bond acceptors (Lipinski definition) is 5. The molecule has 2 aliphatic carbocycles. The predicted octanol–water partition coefficient (Wildman–Crippen LogP) is 6.60. The van der Waals surface area contributed by atoms with Crippen LogP contribution in [0.5, 0.6) is 0 Å². The summed E-state index contributed by atoms with van der Waals surface area (Å²) in [5, 5.41) is 12.5. The quantitative estimate of drug-likeness (QED) is 0.339. The smallest absolute Gasteiger partial charge is 0.324 e. The Kier molecular flexibility index (Phi) is 8.67. The molecule has 2 fully saturated rings. The number of anilines is 1. The van der Waals surface area contributed by atoms with Gasteiger partial charge in [-0.25, -0.2) is 9.78 Å². The minimum absolute atomic E-state index is 0.00552. The molecule has 33 heavy (non-hydrogen) atoms. The minimum atomic E-state index is -0.857. The summed E-state index contributed by atoms with van der Waals surface area (Å²) >= 11 is 2.58. The van der Waals surface area contributed by atoms with Crippen molar-refractivity contribution >= 4 is 40.2 Å². The van der Waals surface area contributed by atoms with Crippen LogP contribution in [0.3, 0.4) is 0 Å². The summed E-state index contributed by atoms with van der Waals surface area (Å²) in [5.41, 5.74) is 1.41. The summed E-state index contributed by atoms with van der Waals surface area (Å²) in [4.78, 5) is 30.8. The van der Waals surface area contributed by atoms with E-state index in [1.807, 2.05) is 0 Å². The number of aliphatic carboxylic acids is 1. The summed E-state index contributed by atoms with van der Waals surface area (Å²) < 4.78 is 0.803. The molecule has 1 heterocycles. The third-order valence-electron chi connectivity index (χ3n) is 6.85. The van der Waals surface area contributed by atoms with Crippen LogP contribution in [0.15, 0.2) is 40.7 Å². The highest BCUT2D eigenvalue weighted by Gasteiger charge is 2.34. The number of thioether (sulfide) groups is 1. The number of carbonyl (C=O) groups excluding carboxylic acids is 1. The minimum Gasteiger partial charge on any atom is -0.481 e. The fourth-order valence-corrected chi connectivity index (χ4v) is 6.83. The molecule has 1 aromatic carbocycles. The molecule has 4 rings (SSSR count). The number of nitrogens with one attached hydrogen (secondary N) is 1. The van der Waals surface area contributed by atoms with E-state index < -0.39 is 5.97 Å². The molecule has 0 atom stereocenters. The highest BCUT2D eigenvalue weighted by atomic mass is 32.2. The van der Waals surface area contributed by atoms with Crippen molar-refractivity contribution in [3.05, 3.63) is 42.1 Å². The van der Waals surface area contributed by atoms with Gasteiger partial charge in [-0.2, -0.15) is 0 Å². The van der Waals surface area contributed by atoms with E-state index >= 15 is 0 Å². The molecule has 8 heteroatoms. The maximum atomic E-state index is 13.5. The summed E-state index contributed by atoms with van der Waals surface area (Å²) in [7, 11) is 0. The molecule has 2 amide bonds. The van der Waals surface area contributed by atoms with Crippen molar-refractivity contribution in [1.82, 2.24) is 9.88 Å². The average molecular weight is 488 g/mol. The molecule has 0 radical (unpaired) electrons. The number of amides is 2. The van der Waals surface area contributed by atoms with Gasteiger partial charge in [0.2, 0.25) is 0 Å². The molecule has 6 nitrogen and oxygen atoms in total. The fourth-order valence-electron chi connectivity index (χ4n) is 5.25. The molecule has 0 unspecified atom stereocenters. The number of aromatic nitrogens is 1. The molecule has 2 saturated carbocycles. The molecule has 1 aromatic heterocycles. The maximum Gasteiger partial charge on any atom is 0.324 e. The van der Waals surface area contributed by atoms with E-state index in [1.165, 1.54) is 54.3 Å². The number of benzene rings is 1. The zero-order valence-corrected chi connectivity index (χ0v) is 20.6. The van der Waals surface area contributed by atoms with Gasteiger partial charge in [0.15, 0.2) is 5.13 Å². The molecule has 0 saturated heterocycles. The predicted molar refractivity (Wildman–Crippen MR) is 134 cm³/mol. The molecule has 2 aromatic rings. The lowest BCUT2D eigenvalue weighted by molar-refractivity contribution is -0.133. The van der Waals surface area contributed by atoms with Crippen LogP contribution in [0.1, 0.15) is 75.7 Å². The van der Waals surface area contributed by atoms with Crippen molar-refractivity contribution in [3.63, 3.8) is 0 Å². The lowest BCUT2D eigenvalue weighted by atomic mass is 9.80. The van der Waals surface area contributed by atoms with Crippen molar-refractivity contribution in [2.75, 3.05) is 11.1 Å². The molecular formula is C25H33N3O3S2. The Morgan fingerprint density at radius 1 is 1.00 bits per heavy atom. The maximum absolute atomic E-state index is 13.5. The van der Waals surface area contributed by atoms with Crippen molar-refractivity contribution < 1.29 is 14.7 Å². The standard InChI is InChI=1S/C25H33N3O3S2/c29-22(30)17-32-23-16-26-24(33-23)27-25(31)28(20-10-6-1-2-7-11-20)21-14-12-19(13-15-21)18-8-4-3-5-9-18/h3-5,8-9,16,19-21H,1-2,6-7,10-15,17H2,(H,29,30)(H,26,27,31)/t19-,21-. The summed E-state index contributed by atoms with van der Waals surface area (Å²) in [6.07, 6.45) is 12.9. The Morgan fingerprint density at radius 3 is 2.33 bits per heavy atom. The van der Waals surface area contributed by atoms with Crippen LogP contribution in [0.2, 0.25) is 0 Å². The van der Waals surface area contributed by atoms with Crippen molar-refractivity contribution in [1.29, 1.82) is 0 Å². The van der Waals surface area contributed by atoms with Gasteiger partial charge in [-0.1, -0.05) is 67.4 Å². The van der Waals surface area contributed by atoms with E-state index in [-0.39, 0.29) is 23.9 Å². The van der Waals surface area contributed by atoms with Crippen molar-refractivity contribution in [2.45, 2.75) is 86.4 Å². The number of urea groups is 1. The van der Waals surface area contributed by atoms with Crippen LogP contribution < -0.4 is 5.32 Å². The number of carboxylic acids is 1. The number of carboxylic acid groups (broad SMARTS) is 1. The van der Waals surface area contributed by atoms with Crippen LogP contribution in [-0.2, 0) is 4.79 Å². The normalized spacial score (nSPS) is 21.8. The number of nitrogens with zero attached hydrogens (tertiary/aromatic N) is 2. The van der Waals surface area contributed by atoms with Gasteiger partial charge in [-0.3, -0.25) is 10.1 Å². The Morgan fingerprint density at radius 2 is 1.67 bits per heavy atom. The summed E-state index contributed by atoms with van der Waals surface area (Å²) in [6, 6.07) is 11.2. The zero-order valence-electron chi connectivity index (χ0n) is 18.9. The Balaban J connectivity index is 1.43. The van der Waals surface area contributed by atoms with E-state index in [9.17, 15) is 9.59 Å². The van der Waals surface area contributed by atoms with E-state index in [2.05, 4.69) is 45.5 Å². The van der Waals surface area contributed by atoms with Gasteiger partial charge in [0.05, 0.1) is 16.2 Å². The van der Waals surface area contributed by atoms with Crippen molar-refractivity contribution in [3.8, 4) is 0 Å². The fraction of sp³-hybridized carbons (Fsp3) is 0.560. The van der Waals surface area contributed by atoms with Gasteiger partial charge in [0.25, 0.3) is 0 Å². The van der Waals surface area contributed by atoms with Crippen LogP contribution in [0.4, 0.5) is 9.93 Å². The largest absolute Gasteiger partial charge is 0.481 e. The number of hydrogen-bond donors (Lipinski definition) is 2. The van der Waals surface area contributed by atoms with Gasteiger partial charge < -0.3 is 10.0 Å². The van der Waals surface area contributed by atoms with Crippen LogP contribution in [0.25, 0.3) is 0 Å². The first kappa shape index (κ1) is 24.1. The molecule has 0 spiro atoms. The lowest BCUT2D eigenvalue weighted by Gasteiger charge is -2.41.